The zero-order valence-electron chi connectivity index (χ0n) is 10.1. The van der Waals surface area contributed by atoms with Gasteiger partial charge in [0.25, 0.3) is 0 Å². The van der Waals surface area contributed by atoms with Crippen LogP contribution in [0, 0.1) is 5.41 Å². The molecule has 0 radical (unpaired) electrons. The fraction of sp³-hybridized carbons (Fsp3) is 1.00. The first-order chi connectivity index (χ1) is 6.64. The number of likely N-dealkylation sites (tertiary alicyclic amines) is 1. The highest BCUT2D eigenvalue weighted by Crippen LogP contribution is 2.28. The molecule has 0 saturated carbocycles. The molecule has 0 unspecified atom stereocenters. The SMILES string of the molecule is CCCNCCCN1CCC(C)(C)C1. The molecule has 1 heterocycles. The zero-order valence-corrected chi connectivity index (χ0v) is 10.1. The molecule has 0 amide bonds. The molecule has 84 valence electrons. The van der Waals surface area contributed by atoms with Gasteiger partial charge in [-0.25, -0.2) is 0 Å². The van der Waals surface area contributed by atoms with E-state index < -0.39 is 0 Å². The summed E-state index contributed by atoms with van der Waals surface area (Å²) in [4.78, 5) is 2.60. The third-order valence-electron chi connectivity index (χ3n) is 3.01. The van der Waals surface area contributed by atoms with Crippen molar-refractivity contribution in [3.8, 4) is 0 Å². The van der Waals surface area contributed by atoms with Gasteiger partial charge < -0.3 is 10.2 Å². The van der Waals surface area contributed by atoms with Crippen LogP contribution >= 0.6 is 0 Å². The maximum Gasteiger partial charge on any atom is 0.00332 e. The predicted molar refractivity (Wildman–Crippen MR) is 62.6 cm³/mol. The minimum Gasteiger partial charge on any atom is -0.317 e. The van der Waals surface area contributed by atoms with E-state index in [1.54, 1.807) is 0 Å². The van der Waals surface area contributed by atoms with Gasteiger partial charge in [-0.3, -0.25) is 0 Å². The lowest BCUT2D eigenvalue weighted by Crippen LogP contribution is -2.27. The molecule has 0 atom stereocenters. The lowest BCUT2D eigenvalue weighted by atomic mass is 9.93. The number of hydrogen-bond donors (Lipinski definition) is 1. The van der Waals surface area contributed by atoms with E-state index in [0.29, 0.717) is 5.41 Å². The smallest absolute Gasteiger partial charge is 0.00332 e. The second-order valence-electron chi connectivity index (χ2n) is 5.29. The van der Waals surface area contributed by atoms with Crippen molar-refractivity contribution in [3.63, 3.8) is 0 Å². The van der Waals surface area contributed by atoms with Gasteiger partial charge in [-0.05, 0) is 50.9 Å². The second kappa shape index (κ2) is 5.72. The van der Waals surface area contributed by atoms with E-state index in [1.807, 2.05) is 0 Å². The number of nitrogens with one attached hydrogen (secondary N) is 1. The van der Waals surface area contributed by atoms with Gasteiger partial charge in [-0.1, -0.05) is 20.8 Å². The van der Waals surface area contributed by atoms with E-state index in [9.17, 15) is 0 Å². The summed E-state index contributed by atoms with van der Waals surface area (Å²) in [6.07, 6.45) is 3.92. The summed E-state index contributed by atoms with van der Waals surface area (Å²) in [5.74, 6) is 0. The highest BCUT2D eigenvalue weighted by molar-refractivity contribution is 4.82. The first-order valence-electron chi connectivity index (χ1n) is 6.07. The second-order valence-corrected chi connectivity index (χ2v) is 5.29. The molecular weight excluding hydrogens is 172 g/mol. The van der Waals surface area contributed by atoms with E-state index in [4.69, 9.17) is 0 Å². The fourth-order valence-electron chi connectivity index (χ4n) is 2.14. The maximum atomic E-state index is 3.45. The Bertz CT molecular complexity index is 154. The van der Waals surface area contributed by atoms with Crippen LogP contribution in [0.4, 0.5) is 0 Å². The molecule has 1 fully saturated rings. The standard InChI is InChI=1S/C12H26N2/c1-4-7-13-8-5-9-14-10-6-12(2,3)11-14/h13H,4-11H2,1-3H3. The van der Waals surface area contributed by atoms with Crippen molar-refractivity contribution in [2.24, 2.45) is 5.41 Å². The van der Waals surface area contributed by atoms with Crippen LogP contribution in [0.25, 0.3) is 0 Å². The van der Waals surface area contributed by atoms with Crippen LogP contribution in [0.15, 0.2) is 0 Å². The van der Waals surface area contributed by atoms with Gasteiger partial charge in [0.15, 0.2) is 0 Å². The highest BCUT2D eigenvalue weighted by atomic mass is 15.2. The quantitative estimate of drug-likeness (QED) is 0.658. The number of hydrogen-bond acceptors (Lipinski definition) is 2. The van der Waals surface area contributed by atoms with Crippen LogP contribution < -0.4 is 5.32 Å². The molecule has 0 aromatic carbocycles. The van der Waals surface area contributed by atoms with Crippen LogP contribution in [0.2, 0.25) is 0 Å². The summed E-state index contributed by atoms with van der Waals surface area (Å²) in [6, 6.07) is 0. The topological polar surface area (TPSA) is 15.3 Å². The van der Waals surface area contributed by atoms with Crippen molar-refractivity contribution in [2.45, 2.75) is 40.0 Å². The summed E-state index contributed by atoms with van der Waals surface area (Å²) in [7, 11) is 0. The van der Waals surface area contributed by atoms with Crippen LogP contribution in [-0.2, 0) is 0 Å². The van der Waals surface area contributed by atoms with Gasteiger partial charge in [0.1, 0.15) is 0 Å². The normalized spacial score (nSPS) is 21.6. The molecule has 1 rings (SSSR count). The minimum atomic E-state index is 0.566. The van der Waals surface area contributed by atoms with Gasteiger partial charge in [-0.15, -0.1) is 0 Å². The first-order valence-corrected chi connectivity index (χ1v) is 6.07. The Kier molecular flexibility index (Phi) is 4.90. The first kappa shape index (κ1) is 12.0. The Morgan fingerprint density at radius 1 is 1.29 bits per heavy atom. The average Bonchev–Trinajstić information content (AvgIpc) is 2.45. The maximum absolute atomic E-state index is 3.45. The van der Waals surface area contributed by atoms with Crippen molar-refractivity contribution < 1.29 is 0 Å². The molecule has 0 spiro atoms. The lowest BCUT2D eigenvalue weighted by Gasteiger charge is -2.19. The Morgan fingerprint density at radius 3 is 2.64 bits per heavy atom. The van der Waals surface area contributed by atoms with Crippen molar-refractivity contribution >= 4 is 0 Å². The Hall–Kier alpha value is -0.0800. The van der Waals surface area contributed by atoms with E-state index in [0.717, 1.165) is 0 Å². The van der Waals surface area contributed by atoms with Crippen LogP contribution in [0.3, 0.4) is 0 Å². The molecule has 1 N–H and O–H groups in total. The van der Waals surface area contributed by atoms with E-state index in [1.165, 1.54) is 52.0 Å². The molecule has 0 aromatic rings. The molecule has 1 saturated heterocycles. The van der Waals surface area contributed by atoms with E-state index in [-0.39, 0.29) is 0 Å². The molecule has 14 heavy (non-hydrogen) atoms. The summed E-state index contributed by atoms with van der Waals surface area (Å²) in [6.45, 7) is 13.2. The van der Waals surface area contributed by atoms with Crippen molar-refractivity contribution in [1.29, 1.82) is 0 Å². The predicted octanol–water partition coefficient (Wildman–Crippen LogP) is 2.11. The molecule has 0 aliphatic carbocycles. The molecule has 2 nitrogen and oxygen atoms in total. The molecular formula is C12H26N2. The van der Waals surface area contributed by atoms with Gasteiger partial charge in [0.2, 0.25) is 0 Å². The third kappa shape index (κ3) is 4.43. The van der Waals surface area contributed by atoms with Gasteiger partial charge in [-0.2, -0.15) is 0 Å². The van der Waals surface area contributed by atoms with E-state index >= 15 is 0 Å². The van der Waals surface area contributed by atoms with Gasteiger partial charge in [0, 0.05) is 6.54 Å². The molecule has 2 heteroatoms. The van der Waals surface area contributed by atoms with Crippen LogP contribution in [-0.4, -0.2) is 37.6 Å². The van der Waals surface area contributed by atoms with Gasteiger partial charge in [0.05, 0.1) is 0 Å². The average molecular weight is 198 g/mol. The highest BCUT2D eigenvalue weighted by Gasteiger charge is 2.28. The molecule has 1 aliphatic rings. The van der Waals surface area contributed by atoms with Crippen LogP contribution in [0.1, 0.15) is 40.0 Å². The lowest BCUT2D eigenvalue weighted by molar-refractivity contribution is 0.286. The molecule has 0 aromatic heterocycles. The number of nitrogens with zero attached hydrogens (tertiary/aromatic N) is 1. The fourth-order valence-corrected chi connectivity index (χ4v) is 2.14. The summed E-state index contributed by atoms with van der Waals surface area (Å²) < 4.78 is 0. The Labute approximate surface area is 89.1 Å². The summed E-state index contributed by atoms with van der Waals surface area (Å²) in [5, 5.41) is 3.45. The van der Waals surface area contributed by atoms with Gasteiger partial charge >= 0.3 is 0 Å². The van der Waals surface area contributed by atoms with Crippen molar-refractivity contribution in [2.75, 3.05) is 32.7 Å². The van der Waals surface area contributed by atoms with Crippen molar-refractivity contribution in [1.82, 2.24) is 10.2 Å². The van der Waals surface area contributed by atoms with Crippen LogP contribution in [0.5, 0.6) is 0 Å². The van der Waals surface area contributed by atoms with Crippen molar-refractivity contribution in [3.05, 3.63) is 0 Å². The summed E-state index contributed by atoms with van der Waals surface area (Å²) in [5.41, 5.74) is 0.566. The monoisotopic (exact) mass is 198 g/mol. The third-order valence-corrected chi connectivity index (χ3v) is 3.01. The Balaban J connectivity index is 1.98. The summed E-state index contributed by atoms with van der Waals surface area (Å²) >= 11 is 0. The van der Waals surface area contributed by atoms with E-state index in [2.05, 4.69) is 31.0 Å². The minimum absolute atomic E-state index is 0.566. The zero-order chi connectivity index (χ0) is 10.4. The molecule has 0 bridgehead atoms. The Morgan fingerprint density at radius 2 is 2.07 bits per heavy atom. The molecule has 1 aliphatic heterocycles. The largest absolute Gasteiger partial charge is 0.317 e. The number of rotatable bonds is 6.